The molecule has 0 aromatic heterocycles. The van der Waals surface area contributed by atoms with Crippen LogP contribution in [0, 0.1) is 13.8 Å². The lowest BCUT2D eigenvalue weighted by Crippen LogP contribution is -2.04. The first-order chi connectivity index (χ1) is 10.5. The molecule has 22 heavy (non-hydrogen) atoms. The summed E-state index contributed by atoms with van der Waals surface area (Å²) in [4.78, 5) is 23.4. The molecular formula is C18H18O4. The predicted molar refractivity (Wildman–Crippen MR) is 84.0 cm³/mol. The number of hydrogen-bond acceptors (Lipinski definition) is 4. The quantitative estimate of drug-likeness (QED) is 0.813. The van der Waals surface area contributed by atoms with Gasteiger partial charge in [-0.05, 0) is 60.4 Å². The van der Waals surface area contributed by atoms with Crippen LogP contribution in [0.4, 0.5) is 0 Å². The Morgan fingerprint density at radius 3 is 1.41 bits per heavy atom. The van der Waals surface area contributed by atoms with Crippen LogP contribution in [-0.4, -0.2) is 26.2 Å². The molecule has 0 bridgehead atoms. The third-order valence-electron chi connectivity index (χ3n) is 3.61. The van der Waals surface area contributed by atoms with E-state index in [4.69, 9.17) is 9.47 Å². The molecule has 114 valence electrons. The Morgan fingerprint density at radius 2 is 1.09 bits per heavy atom. The molecule has 4 heteroatoms. The number of aryl methyl sites for hydroxylation is 2. The van der Waals surface area contributed by atoms with Crippen LogP contribution < -0.4 is 0 Å². The molecule has 0 radical (unpaired) electrons. The largest absolute Gasteiger partial charge is 0.465 e. The Hall–Kier alpha value is -2.62. The summed E-state index contributed by atoms with van der Waals surface area (Å²) in [6.45, 7) is 3.92. The van der Waals surface area contributed by atoms with Gasteiger partial charge in [0.05, 0.1) is 25.3 Å². The number of methoxy groups -OCH3 is 2. The molecule has 0 amide bonds. The van der Waals surface area contributed by atoms with Gasteiger partial charge in [-0.25, -0.2) is 9.59 Å². The van der Waals surface area contributed by atoms with Gasteiger partial charge in [-0.1, -0.05) is 12.1 Å². The zero-order chi connectivity index (χ0) is 16.3. The van der Waals surface area contributed by atoms with Crippen LogP contribution in [0.3, 0.4) is 0 Å². The average molecular weight is 298 g/mol. The van der Waals surface area contributed by atoms with Gasteiger partial charge in [0, 0.05) is 0 Å². The maximum absolute atomic E-state index is 11.7. The van der Waals surface area contributed by atoms with E-state index < -0.39 is 0 Å². The number of esters is 2. The minimum atomic E-state index is -0.386. The molecule has 0 heterocycles. The molecule has 0 spiro atoms. The van der Waals surface area contributed by atoms with E-state index in [-0.39, 0.29) is 11.9 Å². The second-order valence-electron chi connectivity index (χ2n) is 5.04. The van der Waals surface area contributed by atoms with Crippen LogP contribution in [0.25, 0.3) is 11.1 Å². The van der Waals surface area contributed by atoms with Crippen LogP contribution in [0.15, 0.2) is 36.4 Å². The summed E-state index contributed by atoms with van der Waals surface area (Å²) in [7, 11) is 2.70. The van der Waals surface area contributed by atoms with Gasteiger partial charge in [-0.2, -0.15) is 0 Å². The third-order valence-corrected chi connectivity index (χ3v) is 3.61. The number of rotatable bonds is 3. The highest BCUT2D eigenvalue weighted by atomic mass is 16.5. The lowest BCUT2D eigenvalue weighted by atomic mass is 9.93. The Morgan fingerprint density at radius 1 is 0.727 bits per heavy atom. The minimum Gasteiger partial charge on any atom is -0.465 e. The fourth-order valence-corrected chi connectivity index (χ4v) is 2.31. The van der Waals surface area contributed by atoms with Crippen molar-refractivity contribution in [3.05, 3.63) is 58.7 Å². The maximum Gasteiger partial charge on any atom is 0.337 e. The predicted octanol–water partition coefficient (Wildman–Crippen LogP) is 3.54. The van der Waals surface area contributed by atoms with Gasteiger partial charge in [0.25, 0.3) is 0 Å². The first kappa shape index (κ1) is 15.8. The molecule has 4 nitrogen and oxygen atoms in total. The van der Waals surface area contributed by atoms with Gasteiger partial charge < -0.3 is 9.47 Å². The number of ether oxygens (including phenoxy) is 2. The maximum atomic E-state index is 11.7. The zero-order valence-electron chi connectivity index (χ0n) is 13.1. The molecule has 0 N–H and O–H groups in total. The van der Waals surface area contributed by atoms with Gasteiger partial charge in [0.15, 0.2) is 0 Å². The van der Waals surface area contributed by atoms with Crippen molar-refractivity contribution in [3.63, 3.8) is 0 Å². The molecule has 0 unspecified atom stereocenters. The Labute approximate surface area is 129 Å². The van der Waals surface area contributed by atoms with Gasteiger partial charge in [-0.15, -0.1) is 0 Å². The topological polar surface area (TPSA) is 52.6 Å². The fourth-order valence-electron chi connectivity index (χ4n) is 2.31. The van der Waals surface area contributed by atoms with E-state index >= 15 is 0 Å². The van der Waals surface area contributed by atoms with Crippen LogP contribution in [-0.2, 0) is 9.47 Å². The first-order valence-electron chi connectivity index (χ1n) is 6.86. The number of hydrogen-bond donors (Lipinski definition) is 0. The average Bonchev–Trinajstić information content (AvgIpc) is 2.54. The molecule has 0 fully saturated rings. The summed E-state index contributed by atoms with van der Waals surface area (Å²) in [5.74, 6) is -0.772. The highest BCUT2D eigenvalue weighted by molar-refractivity contribution is 5.94. The first-order valence-corrected chi connectivity index (χ1v) is 6.86. The lowest BCUT2D eigenvalue weighted by molar-refractivity contribution is 0.0591. The molecular weight excluding hydrogens is 280 g/mol. The van der Waals surface area contributed by atoms with Gasteiger partial charge >= 0.3 is 11.9 Å². The molecule has 0 aliphatic heterocycles. The number of carbonyl (C=O) groups is 2. The zero-order valence-corrected chi connectivity index (χ0v) is 13.1. The molecule has 0 aliphatic carbocycles. The summed E-state index contributed by atoms with van der Waals surface area (Å²) in [5, 5.41) is 0. The van der Waals surface area contributed by atoms with Crippen molar-refractivity contribution < 1.29 is 19.1 Å². The second kappa shape index (κ2) is 6.43. The van der Waals surface area contributed by atoms with Crippen molar-refractivity contribution in [1.29, 1.82) is 0 Å². The smallest absolute Gasteiger partial charge is 0.337 e. The normalized spacial score (nSPS) is 10.2. The van der Waals surface area contributed by atoms with Crippen molar-refractivity contribution in [2.75, 3.05) is 14.2 Å². The monoisotopic (exact) mass is 298 g/mol. The van der Waals surface area contributed by atoms with E-state index in [1.54, 1.807) is 24.3 Å². The van der Waals surface area contributed by atoms with Crippen molar-refractivity contribution in [2.45, 2.75) is 13.8 Å². The van der Waals surface area contributed by atoms with Crippen molar-refractivity contribution in [2.24, 2.45) is 0 Å². The molecule has 2 aromatic rings. The van der Waals surface area contributed by atoms with Crippen LogP contribution in [0.2, 0.25) is 0 Å². The Bertz CT molecular complexity index is 668. The summed E-state index contributed by atoms with van der Waals surface area (Å²) in [5.41, 5.74) is 4.77. The van der Waals surface area contributed by atoms with Crippen molar-refractivity contribution >= 4 is 11.9 Å². The molecule has 0 saturated heterocycles. The van der Waals surface area contributed by atoms with E-state index in [0.717, 1.165) is 22.3 Å². The van der Waals surface area contributed by atoms with E-state index in [9.17, 15) is 9.59 Å². The SMILES string of the molecule is COC(=O)c1ccc(C)c(-c2cc(C(=O)OC)ccc2C)c1. The van der Waals surface area contributed by atoms with E-state index in [2.05, 4.69) is 0 Å². The summed E-state index contributed by atoms with van der Waals surface area (Å²) < 4.78 is 9.53. The molecule has 0 atom stereocenters. The molecule has 0 saturated carbocycles. The fraction of sp³-hybridized carbons (Fsp3) is 0.222. The third kappa shape index (κ3) is 3.01. The number of carbonyl (C=O) groups excluding carboxylic acids is 2. The van der Waals surface area contributed by atoms with Gasteiger partial charge in [-0.3, -0.25) is 0 Å². The summed E-state index contributed by atoms with van der Waals surface area (Å²) in [6.07, 6.45) is 0. The van der Waals surface area contributed by atoms with E-state index in [1.165, 1.54) is 14.2 Å². The summed E-state index contributed by atoms with van der Waals surface area (Å²) in [6, 6.07) is 10.8. The molecule has 2 rings (SSSR count). The van der Waals surface area contributed by atoms with E-state index in [0.29, 0.717) is 11.1 Å². The Kier molecular flexibility index (Phi) is 4.61. The van der Waals surface area contributed by atoms with Crippen LogP contribution in [0.1, 0.15) is 31.8 Å². The number of benzene rings is 2. The van der Waals surface area contributed by atoms with E-state index in [1.807, 2.05) is 26.0 Å². The van der Waals surface area contributed by atoms with Crippen LogP contribution in [0.5, 0.6) is 0 Å². The van der Waals surface area contributed by atoms with Gasteiger partial charge in [0.1, 0.15) is 0 Å². The second-order valence-corrected chi connectivity index (χ2v) is 5.04. The standard InChI is InChI=1S/C18H18O4/c1-11-5-7-13(17(19)21-3)9-15(11)16-10-14(18(20)22-4)8-6-12(16)2/h5-10H,1-4H3. The lowest BCUT2D eigenvalue weighted by Gasteiger charge is -2.12. The van der Waals surface area contributed by atoms with Gasteiger partial charge in [0.2, 0.25) is 0 Å². The molecule has 2 aromatic carbocycles. The minimum absolute atomic E-state index is 0.386. The summed E-state index contributed by atoms with van der Waals surface area (Å²) >= 11 is 0. The highest BCUT2D eigenvalue weighted by Crippen LogP contribution is 2.29. The van der Waals surface area contributed by atoms with Crippen molar-refractivity contribution in [1.82, 2.24) is 0 Å². The van der Waals surface area contributed by atoms with Crippen LogP contribution >= 0.6 is 0 Å². The molecule has 0 aliphatic rings. The highest BCUT2D eigenvalue weighted by Gasteiger charge is 2.13. The Balaban J connectivity index is 2.60. The van der Waals surface area contributed by atoms with Crippen molar-refractivity contribution in [3.8, 4) is 11.1 Å².